The van der Waals surface area contributed by atoms with Gasteiger partial charge in [0, 0.05) is 6.61 Å². The molecule has 0 aliphatic heterocycles. The molecule has 0 heterocycles. The summed E-state index contributed by atoms with van der Waals surface area (Å²) in [6, 6.07) is 0. The lowest BCUT2D eigenvalue weighted by Gasteiger charge is -2.05. The maximum atomic E-state index is 9.02. The average molecular weight is 154 g/mol. The van der Waals surface area contributed by atoms with Gasteiger partial charge in [0.15, 0.2) is 0 Å². The van der Waals surface area contributed by atoms with Crippen molar-refractivity contribution in [2.75, 3.05) is 6.61 Å². The van der Waals surface area contributed by atoms with Crippen molar-refractivity contribution in [2.45, 2.75) is 38.5 Å². The molecule has 0 radical (unpaired) electrons. The Labute approximate surface area is 68.8 Å². The van der Waals surface area contributed by atoms with Crippen LogP contribution in [0.25, 0.3) is 0 Å². The first-order chi connectivity index (χ1) is 5.43. The lowest BCUT2D eigenvalue weighted by Crippen LogP contribution is -1.90. The predicted octanol–water partition coefficient (Wildman–Crippen LogP) is 2.20. The Bertz CT molecular complexity index is 119. The SMILES string of the molecule is OCC1[C@H]2CCCCCC[C@@H]12. The van der Waals surface area contributed by atoms with Crippen molar-refractivity contribution in [2.24, 2.45) is 17.8 Å². The number of aliphatic hydroxyl groups is 1. The maximum Gasteiger partial charge on any atom is 0.0464 e. The van der Waals surface area contributed by atoms with Crippen molar-refractivity contribution in [3.8, 4) is 0 Å². The molecule has 2 aliphatic carbocycles. The van der Waals surface area contributed by atoms with Gasteiger partial charge in [-0.05, 0) is 30.6 Å². The molecule has 64 valence electrons. The fourth-order valence-electron chi connectivity index (χ4n) is 2.77. The first-order valence-electron chi connectivity index (χ1n) is 5.04. The Hall–Kier alpha value is -0.0400. The van der Waals surface area contributed by atoms with Gasteiger partial charge in [-0.15, -0.1) is 0 Å². The fraction of sp³-hybridized carbons (Fsp3) is 1.00. The number of hydrogen-bond donors (Lipinski definition) is 1. The standard InChI is InChI=1S/C10H18O/c11-7-10-8-5-3-1-2-4-6-9(8)10/h8-11H,1-7H2/t8-,9+,10?. The first-order valence-corrected chi connectivity index (χ1v) is 5.04. The van der Waals surface area contributed by atoms with E-state index in [2.05, 4.69) is 0 Å². The highest BCUT2D eigenvalue weighted by molar-refractivity contribution is 4.96. The second kappa shape index (κ2) is 3.14. The number of rotatable bonds is 1. The van der Waals surface area contributed by atoms with E-state index in [0.29, 0.717) is 12.5 Å². The normalized spacial score (nSPS) is 43.9. The Kier molecular flexibility index (Phi) is 2.17. The van der Waals surface area contributed by atoms with Crippen LogP contribution in [-0.4, -0.2) is 11.7 Å². The van der Waals surface area contributed by atoms with E-state index in [9.17, 15) is 0 Å². The highest BCUT2D eigenvalue weighted by Gasteiger charge is 2.47. The predicted molar refractivity (Wildman–Crippen MR) is 45.3 cm³/mol. The van der Waals surface area contributed by atoms with Gasteiger partial charge in [-0.3, -0.25) is 0 Å². The number of aliphatic hydroxyl groups excluding tert-OH is 1. The van der Waals surface area contributed by atoms with Gasteiger partial charge in [-0.25, -0.2) is 0 Å². The van der Waals surface area contributed by atoms with E-state index in [1.807, 2.05) is 0 Å². The summed E-state index contributed by atoms with van der Waals surface area (Å²) in [5.74, 6) is 2.54. The molecule has 0 aromatic heterocycles. The van der Waals surface area contributed by atoms with Crippen LogP contribution in [0.2, 0.25) is 0 Å². The molecule has 1 unspecified atom stereocenters. The van der Waals surface area contributed by atoms with Crippen LogP contribution in [0.4, 0.5) is 0 Å². The zero-order chi connectivity index (χ0) is 7.68. The summed E-state index contributed by atoms with van der Waals surface area (Å²) in [7, 11) is 0. The third-order valence-corrected chi connectivity index (χ3v) is 3.54. The van der Waals surface area contributed by atoms with E-state index in [4.69, 9.17) is 5.11 Å². The van der Waals surface area contributed by atoms with Crippen molar-refractivity contribution in [1.29, 1.82) is 0 Å². The summed E-state index contributed by atoms with van der Waals surface area (Å²) >= 11 is 0. The minimum Gasteiger partial charge on any atom is -0.396 e. The number of hydrogen-bond acceptors (Lipinski definition) is 1. The zero-order valence-corrected chi connectivity index (χ0v) is 7.13. The first kappa shape index (κ1) is 7.60. The monoisotopic (exact) mass is 154 g/mol. The molecule has 2 aliphatic rings. The molecule has 2 fully saturated rings. The van der Waals surface area contributed by atoms with Gasteiger partial charge in [0.1, 0.15) is 0 Å². The minimum atomic E-state index is 0.454. The van der Waals surface area contributed by atoms with Gasteiger partial charge in [-0.1, -0.05) is 25.7 Å². The number of fused-ring (bicyclic) bond motifs is 1. The van der Waals surface area contributed by atoms with Crippen LogP contribution >= 0.6 is 0 Å². The molecule has 0 spiro atoms. The van der Waals surface area contributed by atoms with Crippen molar-refractivity contribution in [3.63, 3.8) is 0 Å². The van der Waals surface area contributed by atoms with Crippen molar-refractivity contribution in [1.82, 2.24) is 0 Å². The lowest BCUT2D eigenvalue weighted by atomic mass is 10.0. The topological polar surface area (TPSA) is 20.2 Å². The van der Waals surface area contributed by atoms with Gasteiger partial charge in [0.05, 0.1) is 0 Å². The second-order valence-corrected chi connectivity index (χ2v) is 4.17. The molecule has 11 heavy (non-hydrogen) atoms. The molecule has 0 saturated heterocycles. The van der Waals surface area contributed by atoms with Gasteiger partial charge < -0.3 is 5.11 Å². The molecule has 1 heteroatoms. The lowest BCUT2D eigenvalue weighted by molar-refractivity contribution is 0.262. The van der Waals surface area contributed by atoms with E-state index in [-0.39, 0.29) is 0 Å². The van der Waals surface area contributed by atoms with Gasteiger partial charge in [0.25, 0.3) is 0 Å². The summed E-state index contributed by atoms with van der Waals surface area (Å²) in [5, 5.41) is 9.02. The highest BCUT2D eigenvalue weighted by atomic mass is 16.3. The summed E-state index contributed by atoms with van der Waals surface area (Å²) in [5.41, 5.74) is 0. The molecule has 0 aromatic carbocycles. The van der Waals surface area contributed by atoms with Gasteiger partial charge in [0.2, 0.25) is 0 Å². The van der Waals surface area contributed by atoms with E-state index in [1.165, 1.54) is 38.5 Å². The van der Waals surface area contributed by atoms with Gasteiger partial charge in [-0.2, -0.15) is 0 Å². The molecule has 2 rings (SSSR count). The second-order valence-electron chi connectivity index (χ2n) is 4.17. The van der Waals surface area contributed by atoms with Crippen molar-refractivity contribution < 1.29 is 5.11 Å². The van der Waals surface area contributed by atoms with Crippen LogP contribution in [0.5, 0.6) is 0 Å². The molecule has 1 N–H and O–H groups in total. The Morgan fingerprint density at radius 1 is 0.909 bits per heavy atom. The van der Waals surface area contributed by atoms with Crippen molar-refractivity contribution in [3.05, 3.63) is 0 Å². The average Bonchev–Trinajstić information content (AvgIpc) is 2.60. The van der Waals surface area contributed by atoms with E-state index >= 15 is 0 Å². The molecular weight excluding hydrogens is 136 g/mol. The summed E-state index contributed by atoms with van der Waals surface area (Å²) in [4.78, 5) is 0. The highest BCUT2D eigenvalue weighted by Crippen LogP contribution is 2.52. The summed E-state index contributed by atoms with van der Waals surface area (Å²) < 4.78 is 0. The van der Waals surface area contributed by atoms with Crippen molar-refractivity contribution >= 4 is 0 Å². The van der Waals surface area contributed by atoms with E-state index in [1.54, 1.807) is 0 Å². The maximum absolute atomic E-state index is 9.02. The third-order valence-electron chi connectivity index (χ3n) is 3.54. The third kappa shape index (κ3) is 1.44. The van der Waals surface area contributed by atoms with E-state index < -0.39 is 0 Å². The Balaban J connectivity index is 1.85. The van der Waals surface area contributed by atoms with Crippen LogP contribution in [0, 0.1) is 17.8 Å². The van der Waals surface area contributed by atoms with Crippen LogP contribution in [-0.2, 0) is 0 Å². The quantitative estimate of drug-likeness (QED) is 0.614. The molecule has 0 amide bonds. The smallest absolute Gasteiger partial charge is 0.0464 e. The molecule has 0 bridgehead atoms. The van der Waals surface area contributed by atoms with E-state index in [0.717, 1.165) is 11.8 Å². The molecule has 0 aromatic rings. The zero-order valence-electron chi connectivity index (χ0n) is 7.13. The molecule has 1 nitrogen and oxygen atoms in total. The minimum absolute atomic E-state index is 0.454. The van der Waals surface area contributed by atoms with Crippen LogP contribution < -0.4 is 0 Å². The fourth-order valence-corrected chi connectivity index (χ4v) is 2.77. The Morgan fingerprint density at radius 2 is 1.45 bits per heavy atom. The van der Waals surface area contributed by atoms with Gasteiger partial charge >= 0.3 is 0 Å². The van der Waals surface area contributed by atoms with Crippen LogP contribution in [0.15, 0.2) is 0 Å². The molecule has 3 atom stereocenters. The molecular formula is C10H18O. The van der Waals surface area contributed by atoms with Crippen LogP contribution in [0.1, 0.15) is 38.5 Å². The molecule has 2 saturated carbocycles. The largest absolute Gasteiger partial charge is 0.396 e. The summed E-state index contributed by atoms with van der Waals surface area (Å²) in [6.07, 6.45) is 8.49. The Morgan fingerprint density at radius 3 is 1.91 bits per heavy atom. The van der Waals surface area contributed by atoms with Crippen LogP contribution in [0.3, 0.4) is 0 Å². The summed E-state index contributed by atoms with van der Waals surface area (Å²) in [6.45, 7) is 0.454.